The first-order valence-corrected chi connectivity index (χ1v) is 15.9. The summed E-state index contributed by atoms with van der Waals surface area (Å²) in [5.74, 6) is -0.674. The molecule has 2 aliphatic rings. The van der Waals surface area contributed by atoms with E-state index in [0.29, 0.717) is 51.5 Å². The number of ether oxygens (including phenoxy) is 2. The van der Waals surface area contributed by atoms with E-state index in [0.717, 1.165) is 29.3 Å². The van der Waals surface area contributed by atoms with Gasteiger partial charge < -0.3 is 9.47 Å². The number of imide groups is 1. The van der Waals surface area contributed by atoms with Gasteiger partial charge in [-0.2, -0.15) is 0 Å². The van der Waals surface area contributed by atoms with Gasteiger partial charge in [-0.3, -0.25) is 19.3 Å². The molecule has 2 fully saturated rings. The Morgan fingerprint density at radius 3 is 2.36 bits per heavy atom. The van der Waals surface area contributed by atoms with Crippen LogP contribution < -0.4 is 9.64 Å². The van der Waals surface area contributed by atoms with Gasteiger partial charge in [0.1, 0.15) is 5.75 Å². The number of pyridine rings is 1. The number of amides is 2. The Morgan fingerprint density at radius 1 is 0.956 bits per heavy atom. The van der Waals surface area contributed by atoms with Gasteiger partial charge in [0, 0.05) is 21.0 Å². The third kappa shape index (κ3) is 5.89. The number of nitrogens with zero attached hydrogens (tertiary/aromatic N) is 2. The van der Waals surface area contributed by atoms with Crippen LogP contribution in [0.25, 0.3) is 22.2 Å². The largest absolute Gasteiger partial charge is 0.497 e. The summed E-state index contributed by atoms with van der Waals surface area (Å²) in [6.45, 7) is 3.72. The molecule has 1 saturated heterocycles. The number of aryl methyl sites for hydroxylation is 1. The quantitative estimate of drug-likeness (QED) is 0.111. The highest BCUT2D eigenvalue weighted by atomic mass is 79.9. The lowest BCUT2D eigenvalue weighted by Crippen LogP contribution is -2.30. The molecule has 3 aromatic carbocycles. The van der Waals surface area contributed by atoms with E-state index in [-0.39, 0.29) is 35.0 Å². The first kappa shape index (κ1) is 30.6. The highest BCUT2D eigenvalue weighted by molar-refractivity contribution is 9.10. The van der Waals surface area contributed by atoms with Crippen molar-refractivity contribution in [2.45, 2.75) is 39.5 Å². The Kier molecular flexibility index (Phi) is 8.55. The van der Waals surface area contributed by atoms with Crippen LogP contribution in [-0.2, 0) is 20.7 Å². The maximum Gasteiger partial charge on any atom is 0.339 e. The number of hydrogen-bond acceptors (Lipinski definition) is 7. The normalized spacial score (nSPS) is 19.5. The van der Waals surface area contributed by atoms with E-state index in [9.17, 15) is 19.2 Å². The number of methoxy groups -OCH3 is 1. The van der Waals surface area contributed by atoms with Gasteiger partial charge in [-0.05, 0) is 91.8 Å². The second-order valence-electron chi connectivity index (χ2n) is 11.8. The molecule has 1 saturated carbocycles. The molecule has 2 heterocycles. The molecule has 230 valence electrons. The van der Waals surface area contributed by atoms with Gasteiger partial charge in [-0.25, -0.2) is 9.78 Å². The van der Waals surface area contributed by atoms with Crippen molar-refractivity contribution in [1.29, 1.82) is 0 Å². The van der Waals surface area contributed by atoms with Gasteiger partial charge in [0.05, 0.1) is 41.4 Å². The summed E-state index contributed by atoms with van der Waals surface area (Å²) >= 11 is 3.55. The summed E-state index contributed by atoms with van der Waals surface area (Å²) in [5.41, 5.74) is 4.04. The average Bonchev–Trinajstić information content (AvgIpc) is 3.30. The smallest absolute Gasteiger partial charge is 0.339 e. The van der Waals surface area contributed by atoms with E-state index in [1.165, 1.54) is 4.90 Å². The van der Waals surface area contributed by atoms with Gasteiger partial charge in [-0.1, -0.05) is 41.9 Å². The lowest BCUT2D eigenvalue weighted by atomic mass is 9.76. The second-order valence-corrected chi connectivity index (χ2v) is 12.7. The number of esters is 1. The predicted octanol–water partition coefficient (Wildman–Crippen LogP) is 7.20. The molecule has 8 nitrogen and oxygen atoms in total. The topological polar surface area (TPSA) is 103 Å². The number of benzene rings is 3. The van der Waals surface area contributed by atoms with Crippen LogP contribution in [-0.4, -0.2) is 42.3 Å². The van der Waals surface area contributed by atoms with Crippen molar-refractivity contribution in [3.05, 3.63) is 87.9 Å². The summed E-state index contributed by atoms with van der Waals surface area (Å²) in [6.07, 6.45) is 3.12. The van der Waals surface area contributed by atoms with E-state index in [4.69, 9.17) is 14.5 Å². The van der Waals surface area contributed by atoms with Crippen molar-refractivity contribution in [2.24, 2.45) is 17.8 Å². The van der Waals surface area contributed by atoms with Crippen molar-refractivity contribution < 1.29 is 28.7 Å². The fourth-order valence-electron chi connectivity index (χ4n) is 6.44. The number of anilines is 1. The number of ketones is 1. The standard InChI is InChI=1S/C36H33BrN2O6/c1-4-21-16-24(37)17-28-30(36(43)45-19-32(40)23-8-12-26(44-3)13-9-23)18-31(38-33(21)28)22-6-10-25(11-7-22)39-34(41)27-14-5-20(2)15-29(27)35(39)42/h6-13,16-18,20,27,29H,4-5,14-15,19H2,1-3H3. The maximum atomic E-state index is 13.5. The maximum absolute atomic E-state index is 13.5. The molecule has 3 atom stereocenters. The minimum atomic E-state index is -0.646. The monoisotopic (exact) mass is 668 g/mol. The van der Waals surface area contributed by atoms with Crippen LogP contribution in [0.3, 0.4) is 0 Å². The van der Waals surface area contributed by atoms with Gasteiger partial charge in [-0.15, -0.1) is 0 Å². The zero-order chi connectivity index (χ0) is 31.8. The number of carbonyl (C=O) groups is 4. The van der Waals surface area contributed by atoms with Crippen LogP contribution in [0, 0.1) is 17.8 Å². The Bertz CT molecular complexity index is 1820. The zero-order valence-corrected chi connectivity index (χ0v) is 26.9. The third-order valence-corrected chi connectivity index (χ3v) is 9.37. The zero-order valence-electron chi connectivity index (χ0n) is 25.3. The number of rotatable bonds is 8. The number of fused-ring (bicyclic) bond motifs is 2. The van der Waals surface area contributed by atoms with Crippen LogP contribution in [0.15, 0.2) is 71.2 Å². The van der Waals surface area contributed by atoms with Gasteiger partial charge in [0.2, 0.25) is 11.8 Å². The van der Waals surface area contributed by atoms with Crippen molar-refractivity contribution in [2.75, 3.05) is 18.6 Å². The lowest BCUT2D eigenvalue weighted by Gasteiger charge is -2.25. The summed E-state index contributed by atoms with van der Waals surface area (Å²) in [4.78, 5) is 59.0. The Hall–Kier alpha value is -4.37. The molecular weight excluding hydrogens is 636 g/mol. The fraction of sp³-hybridized carbons (Fsp3) is 0.306. The second kappa shape index (κ2) is 12.6. The third-order valence-electron chi connectivity index (χ3n) is 8.91. The summed E-state index contributed by atoms with van der Waals surface area (Å²) in [6, 6.07) is 19.2. The van der Waals surface area contributed by atoms with Gasteiger partial charge >= 0.3 is 5.97 Å². The Balaban J connectivity index is 1.30. The minimum Gasteiger partial charge on any atom is -0.497 e. The van der Waals surface area contributed by atoms with Crippen molar-refractivity contribution in [3.8, 4) is 17.0 Å². The first-order valence-electron chi connectivity index (χ1n) is 15.1. The van der Waals surface area contributed by atoms with Crippen molar-refractivity contribution in [1.82, 2.24) is 4.98 Å². The van der Waals surface area contributed by atoms with E-state index in [2.05, 4.69) is 22.9 Å². The molecule has 0 bridgehead atoms. The Morgan fingerprint density at radius 2 is 1.67 bits per heavy atom. The molecule has 1 aliphatic heterocycles. The van der Waals surface area contributed by atoms with Crippen LogP contribution in [0.1, 0.15) is 59.4 Å². The number of halogens is 1. The van der Waals surface area contributed by atoms with E-state index >= 15 is 0 Å². The molecule has 0 spiro atoms. The minimum absolute atomic E-state index is 0.124. The van der Waals surface area contributed by atoms with E-state index in [1.54, 1.807) is 61.7 Å². The number of carbonyl (C=O) groups excluding carboxylic acids is 4. The van der Waals surface area contributed by atoms with E-state index < -0.39 is 12.6 Å². The molecule has 0 N–H and O–H groups in total. The van der Waals surface area contributed by atoms with Crippen LogP contribution >= 0.6 is 15.9 Å². The molecular formula is C36H33BrN2O6. The molecule has 9 heteroatoms. The molecule has 45 heavy (non-hydrogen) atoms. The summed E-state index contributed by atoms with van der Waals surface area (Å²) < 4.78 is 11.5. The average molecular weight is 670 g/mol. The lowest BCUT2D eigenvalue weighted by molar-refractivity contribution is -0.122. The molecule has 3 unspecified atom stereocenters. The number of hydrogen-bond donors (Lipinski definition) is 0. The van der Waals surface area contributed by atoms with Crippen LogP contribution in [0.5, 0.6) is 5.75 Å². The SMILES string of the molecule is CCc1cc(Br)cc2c(C(=O)OCC(=O)c3ccc(OC)cc3)cc(-c3ccc(N4C(=O)C5CCC(C)CC5C4=O)cc3)nc12. The van der Waals surface area contributed by atoms with Gasteiger partial charge in [0.15, 0.2) is 12.4 Å². The number of Topliss-reactive ketones (excluding diaryl/α,β-unsaturated/α-hetero) is 1. The molecule has 6 rings (SSSR count). The van der Waals surface area contributed by atoms with Gasteiger partial charge in [0.25, 0.3) is 0 Å². The van der Waals surface area contributed by atoms with Crippen LogP contribution in [0.4, 0.5) is 5.69 Å². The first-order chi connectivity index (χ1) is 21.7. The summed E-state index contributed by atoms with van der Waals surface area (Å²) in [5, 5.41) is 0.605. The Labute approximate surface area is 269 Å². The highest BCUT2D eigenvalue weighted by Gasteiger charge is 2.49. The molecule has 4 aromatic rings. The molecule has 2 amide bonds. The fourth-order valence-corrected chi connectivity index (χ4v) is 6.95. The molecule has 0 radical (unpaired) electrons. The van der Waals surface area contributed by atoms with Crippen molar-refractivity contribution >= 4 is 56.1 Å². The molecule has 1 aromatic heterocycles. The van der Waals surface area contributed by atoms with Crippen LogP contribution in [0.2, 0.25) is 0 Å². The molecule has 1 aliphatic carbocycles. The predicted molar refractivity (Wildman–Crippen MR) is 174 cm³/mol. The summed E-state index contributed by atoms with van der Waals surface area (Å²) in [7, 11) is 1.55. The van der Waals surface area contributed by atoms with Crippen molar-refractivity contribution in [3.63, 3.8) is 0 Å². The van der Waals surface area contributed by atoms with E-state index in [1.807, 2.05) is 19.1 Å². The highest BCUT2D eigenvalue weighted by Crippen LogP contribution is 2.42. The number of aromatic nitrogens is 1.